The number of hydrogen-bond donors (Lipinski definition) is 1. The first kappa shape index (κ1) is 18.3. The van der Waals surface area contributed by atoms with Crippen LogP contribution in [0, 0.1) is 11.3 Å². The molecular formula is C25H19N3O2. The number of benzene rings is 2. The highest BCUT2D eigenvalue weighted by atomic mass is 16.3. The van der Waals surface area contributed by atoms with Gasteiger partial charge < -0.3 is 10.2 Å². The summed E-state index contributed by atoms with van der Waals surface area (Å²) in [5.41, 5.74) is 9.38. The first-order chi connectivity index (χ1) is 14.6. The maximum absolute atomic E-state index is 13.5. The summed E-state index contributed by atoms with van der Waals surface area (Å²) in [6, 6.07) is 20.9. The molecular weight excluding hydrogens is 374 g/mol. The molecule has 0 radical (unpaired) electrons. The molecule has 0 aliphatic heterocycles. The van der Waals surface area contributed by atoms with Crippen molar-refractivity contribution in [3.8, 4) is 28.5 Å². The van der Waals surface area contributed by atoms with Crippen molar-refractivity contribution in [2.24, 2.45) is 5.73 Å². The van der Waals surface area contributed by atoms with E-state index in [2.05, 4.69) is 4.98 Å². The molecule has 0 amide bonds. The summed E-state index contributed by atoms with van der Waals surface area (Å²) in [7, 11) is 0. The molecule has 2 N–H and O–H groups in total. The van der Waals surface area contributed by atoms with Gasteiger partial charge >= 0.3 is 0 Å². The van der Waals surface area contributed by atoms with Gasteiger partial charge in [0, 0.05) is 17.3 Å². The molecule has 1 saturated carbocycles. The molecule has 0 saturated heterocycles. The van der Waals surface area contributed by atoms with E-state index in [0.29, 0.717) is 16.7 Å². The molecule has 0 spiro atoms. The lowest BCUT2D eigenvalue weighted by molar-refractivity contribution is 0.253. The first-order valence-electron chi connectivity index (χ1n) is 9.92. The van der Waals surface area contributed by atoms with Crippen LogP contribution in [-0.4, -0.2) is 4.98 Å². The van der Waals surface area contributed by atoms with E-state index in [-0.39, 0.29) is 22.2 Å². The summed E-state index contributed by atoms with van der Waals surface area (Å²) in [5, 5.41) is 9.77. The van der Waals surface area contributed by atoms with Crippen LogP contribution in [0.3, 0.4) is 0 Å². The highest BCUT2D eigenvalue weighted by Crippen LogP contribution is 2.40. The van der Waals surface area contributed by atoms with Gasteiger partial charge in [-0.2, -0.15) is 5.26 Å². The Morgan fingerprint density at radius 3 is 2.37 bits per heavy atom. The molecule has 30 heavy (non-hydrogen) atoms. The highest BCUT2D eigenvalue weighted by Gasteiger charge is 2.34. The van der Waals surface area contributed by atoms with Crippen LogP contribution in [0.15, 0.2) is 76.1 Å². The molecule has 1 aliphatic carbocycles. The molecule has 0 unspecified atom stereocenters. The molecule has 2 heterocycles. The third-order valence-corrected chi connectivity index (χ3v) is 5.94. The lowest BCUT2D eigenvalue weighted by Gasteiger charge is -2.38. The Hall–Kier alpha value is -3.75. The SMILES string of the molecule is N#Cc1nccc2c(=O)c(-c3ccc(C4(N)CCC4)cc3)c(-c3ccccc3)oc12. The van der Waals surface area contributed by atoms with Crippen molar-refractivity contribution in [1.82, 2.24) is 4.98 Å². The number of nitriles is 1. The molecule has 4 aromatic rings. The number of aromatic nitrogens is 1. The Labute approximate surface area is 173 Å². The summed E-state index contributed by atoms with van der Waals surface area (Å²) in [4.78, 5) is 17.6. The maximum Gasteiger partial charge on any atom is 0.201 e. The normalized spacial score (nSPS) is 14.8. The number of pyridine rings is 1. The minimum absolute atomic E-state index is 0.0961. The van der Waals surface area contributed by atoms with Gasteiger partial charge in [0.05, 0.1) is 10.9 Å². The van der Waals surface area contributed by atoms with E-state index < -0.39 is 0 Å². The lowest BCUT2D eigenvalue weighted by atomic mass is 9.72. The quantitative estimate of drug-likeness (QED) is 0.543. The summed E-state index contributed by atoms with van der Waals surface area (Å²) in [6.07, 6.45) is 4.55. The fraction of sp³-hybridized carbons (Fsp3) is 0.160. The minimum Gasteiger partial charge on any atom is -0.452 e. The second-order valence-corrected chi connectivity index (χ2v) is 7.74. The van der Waals surface area contributed by atoms with Crippen LogP contribution in [0.25, 0.3) is 33.4 Å². The summed E-state index contributed by atoms with van der Waals surface area (Å²) in [6.45, 7) is 0. The van der Waals surface area contributed by atoms with E-state index in [1.807, 2.05) is 60.7 Å². The van der Waals surface area contributed by atoms with Crippen molar-refractivity contribution in [2.75, 3.05) is 0 Å². The predicted molar refractivity (Wildman–Crippen MR) is 116 cm³/mol. The van der Waals surface area contributed by atoms with Gasteiger partial charge in [0.2, 0.25) is 5.43 Å². The molecule has 0 bridgehead atoms. The van der Waals surface area contributed by atoms with Crippen molar-refractivity contribution in [3.05, 3.63) is 88.3 Å². The van der Waals surface area contributed by atoms with Crippen LogP contribution < -0.4 is 11.2 Å². The monoisotopic (exact) mass is 393 g/mol. The summed E-state index contributed by atoms with van der Waals surface area (Å²) >= 11 is 0. The first-order valence-corrected chi connectivity index (χ1v) is 9.92. The van der Waals surface area contributed by atoms with E-state index in [9.17, 15) is 10.1 Å². The largest absolute Gasteiger partial charge is 0.452 e. The Kier molecular flexibility index (Phi) is 4.23. The smallest absolute Gasteiger partial charge is 0.201 e. The molecule has 0 atom stereocenters. The van der Waals surface area contributed by atoms with Crippen molar-refractivity contribution >= 4 is 11.0 Å². The zero-order chi connectivity index (χ0) is 20.7. The molecule has 1 aliphatic rings. The predicted octanol–water partition coefficient (Wildman–Crippen LogP) is 4.73. The molecule has 2 aromatic carbocycles. The van der Waals surface area contributed by atoms with Gasteiger partial charge in [0.25, 0.3) is 0 Å². The van der Waals surface area contributed by atoms with Crippen molar-refractivity contribution in [3.63, 3.8) is 0 Å². The lowest BCUT2D eigenvalue weighted by Crippen LogP contribution is -2.43. The van der Waals surface area contributed by atoms with E-state index in [1.165, 1.54) is 6.20 Å². The molecule has 5 rings (SSSR count). The summed E-state index contributed by atoms with van der Waals surface area (Å²) < 4.78 is 6.16. The van der Waals surface area contributed by atoms with Gasteiger partial charge in [-0.05, 0) is 36.5 Å². The number of rotatable bonds is 3. The molecule has 2 aromatic heterocycles. The average molecular weight is 393 g/mol. The van der Waals surface area contributed by atoms with Crippen LogP contribution >= 0.6 is 0 Å². The second kappa shape index (κ2) is 6.94. The van der Waals surface area contributed by atoms with E-state index in [0.717, 1.165) is 36.0 Å². The molecule has 5 heteroatoms. The summed E-state index contributed by atoms with van der Waals surface area (Å²) in [5.74, 6) is 0.427. The maximum atomic E-state index is 13.5. The second-order valence-electron chi connectivity index (χ2n) is 7.74. The molecule has 146 valence electrons. The van der Waals surface area contributed by atoms with Crippen LogP contribution in [0.1, 0.15) is 30.5 Å². The van der Waals surface area contributed by atoms with Crippen molar-refractivity contribution in [1.29, 1.82) is 5.26 Å². The topological polar surface area (TPSA) is 92.9 Å². The van der Waals surface area contributed by atoms with Gasteiger partial charge in [-0.25, -0.2) is 4.98 Å². The van der Waals surface area contributed by atoms with Gasteiger partial charge in [0.1, 0.15) is 11.8 Å². The Morgan fingerprint density at radius 2 is 1.73 bits per heavy atom. The fourth-order valence-corrected chi connectivity index (χ4v) is 4.07. The van der Waals surface area contributed by atoms with Crippen LogP contribution in [0.2, 0.25) is 0 Å². The third kappa shape index (κ3) is 2.81. The Balaban J connectivity index is 1.77. The standard InChI is InChI=1S/C25H19N3O2/c26-15-20-24-19(11-14-28-20)22(29)21(23(30-24)17-5-2-1-3-6-17)16-7-9-18(10-8-16)25(27)12-4-13-25/h1-3,5-11,14H,4,12-13,27H2. The van der Waals surface area contributed by atoms with Gasteiger partial charge in [0.15, 0.2) is 11.3 Å². The number of fused-ring (bicyclic) bond motifs is 1. The van der Waals surface area contributed by atoms with Gasteiger partial charge in [-0.1, -0.05) is 54.6 Å². The third-order valence-electron chi connectivity index (χ3n) is 5.94. The number of hydrogen-bond acceptors (Lipinski definition) is 5. The van der Waals surface area contributed by atoms with Crippen LogP contribution in [0.4, 0.5) is 0 Å². The minimum atomic E-state index is -0.262. The van der Waals surface area contributed by atoms with Crippen molar-refractivity contribution < 1.29 is 4.42 Å². The molecule has 5 nitrogen and oxygen atoms in total. The van der Waals surface area contributed by atoms with Crippen LogP contribution in [-0.2, 0) is 5.54 Å². The van der Waals surface area contributed by atoms with Crippen molar-refractivity contribution in [2.45, 2.75) is 24.8 Å². The zero-order valence-corrected chi connectivity index (χ0v) is 16.3. The number of nitrogens with two attached hydrogens (primary N) is 1. The fourth-order valence-electron chi connectivity index (χ4n) is 4.07. The Bertz CT molecular complexity index is 1350. The Morgan fingerprint density at radius 1 is 1.00 bits per heavy atom. The molecule has 1 fully saturated rings. The van der Waals surface area contributed by atoms with Crippen LogP contribution in [0.5, 0.6) is 0 Å². The zero-order valence-electron chi connectivity index (χ0n) is 16.3. The van der Waals surface area contributed by atoms with E-state index >= 15 is 0 Å². The highest BCUT2D eigenvalue weighted by molar-refractivity contribution is 5.90. The average Bonchev–Trinajstić information content (AvgIpc) is 2.78. The van der Waals surface area contributed by atoms with E-state index in [4.69, 9.17) is 10.2 Å². The van der Waals surface area contributed by atoms with E-state index in [1.54, 1.807) is 6.07 Å². The van der Waals surface area contributed by atoms with Gasteiger partial charge in [-0.3, -0.25) is 4.79 Å². The van der Waals surface area contributed by atoms with Gasteiger partial charge in [-0.15, -0.1) is 0 Å². The number of nitrogens with zero attached hydrogens (tertiary/aromatic N) is 2.